The number of hydrogen-bond acceptors (Lipinski definition) is 4. The van der Waals surface area contributed by atoms with Crippen molar-refractivity contribution < 1.29 is 19.6 Å². The van der Waals surface area contributed by atoms with Gasteiger partial charge in [0, 0.05) is 22.7 Å². The molecule has 0 saturated carbocycles. The zero-order valence-corrected chi connectivity index (χ0v) is 11.9. The van der Waals surface area contributed by atoms with Crippen LogP contribution in [0.5, 0.6) is 0 Å². The minimum Gasteiger partial charge on any atom is -0.480 e. The van der Waals surface area contributed by atoms with Crippen molar-refractivity contribution in [3.63, 3.8) is 0 Å². The molecule has 0 aliphatic heterocycles. The SMILES string of the molecule is O=C(O)C(C(=O)c1ccc([N+](=O)[O-])cc1)c1ccc(Cl)cc1. The Kier molecular flexibility index (Phi) is 4.53. The first-order valence-corrected chi connectivity index (χ1v) is 6.55. The number of hydrogen-bond donors (Lipinski definition) is 1. The van der Waals surface area contributed by atoms with E-state index < -0.39 is 22.6 Å². The molecule has 7 heteroatoms. The first-order chi connectivity index (χ1) is 10.4. The molecule has 0 aromatic heterocycles. The number of nitrogens with zero attached hydrogens (tertiary/aromatic N) is 1. The average molecular weight is 320 g/mol. The van der Waals surface area contributed by atoms with Gasteiger partial charge in [-0.25, -0.2) is 0 Å². The molecule has 0 heterocycles. The van der Waals surface area contributed by atoms with E-state index in [-0.39, 0.29) is 11.3 Å². The maximum Gasteiger partial charge on any atom is 0.318 e. The molecule has 2 aromatic carbocycles. The number of carbonyl (C=O) groups excluding carboxylic acids is 1. The van der Waals surface area contributed by atoms with Crippen LogP contribution in [0.15, 0.2) is 48.5 Å². The molecule has 0 fully saturated rings. The van der Waals surface area contributed by atoms with Crippen molar-refractivity contribution in [1.29, 1.82) is 0 Å². The van der Waals surface area contributed by atoms with E-state index in [0.717, 1.165) is 12.1 Å². The van der Waals surface area contributed by atoms with Gasteiger partial charge in [0.1, 0.15) is 5.92 Å². The molecule has 112 valence electrons. The number of halogens is 1. The largest absolute Gasteiger partial charge is 0.480 e. The molecule has 0 spiro atoms. The lowest BCUT2D eigenvalue weighted by atomic mass is 9.90. The minimum atomic E-state index is -1.39. The summed E-state index contributed by atoms with van der Waals surface area (Å²) in [5.41, 5.74) is 0.211. The van der Waals surface area contributed by atoms with Gasteiger partial charge in [-0.05, 0) is 29.8 Å². The van der Waals surface area contributed by atoms with E-state index in [0.29, 0.717) is 10.6 Å². The van der Waals surface area contributed by atoms with Gasteiger partial charge in [-0.2, -0.15) is 0 Å². The third-order valence-corrected chi connectivity index (χ3v) is 3.33. The van der Waals surface area contributed by atoms with Crippen molar-refractivity contribution in [2.24, 2.45) is 0 Å². The number of Topliss-reactive ketones (excluding diaryl/α,β-unsaturated/α-hetero) is 1. The number of benzene rings is 2. The Hall–Kier alpha value is -2.73. The van der Waals surface area contributed by atoms with Gasteiger partial charge in [0.15, 0.2) is 5.78 Å². The minimum absolute atomic E-state index is 0.0907. The Bertz CT molecular complexity index is 725. The molecule has 0 radical (unpaired) electrons. The molecule has 1 unspecified atom stereocenters. The average Bonchev–Trinajstić information content (AvgIpc) is 2.49. The smallest absolute Gasteiger partial charge is 0.318 e. The molecule has 0 aliphatic carbocycles. The highest BCUT2D eigenvalue weighted by Gasteiger charge is 2.29. The quantitative estimate of drug-likeness (QED) is 0.394. The molecule has 2 rings (SSSR count). The summed E-state index contributed by atoms with van der Waals surface area (Å²) in [5.74, 6) is -3.34. The van der Waals surface area contributed by atoms with Gasteiger partial charge in [0.25, 0.3) is 5.69 Å². The van der Waals surface area contributed by atoms with Crippen molar-refractivity contribution in [3.8, 4) is 0 Å². The Labute approximate surface area is 130 Å². The normalized spacial score (nSPS) is 11.7. The van der Waals surface area contributed by atoms with Crippen molar-refractivity contribution in [1.82, 2.24) is 0 Å². The molecule has 0 saturated heterocycles. The lowest BCUT2D eigenvalue weighted by Crippen LogP contribution is -2.21. The van der Waals surface area contributed by atoms with Crippen LogP contribution in [0.2, 0.25) is 5.02 Å². The van der Waals surface area contributed by atoms with Gasteiger partial charge in [0.2, 0.25) is 0 Å². The first kappa shape index (κ1) is 15.7. The first-order valence-electron chi connectivity index (χ1n) is 6.17. The molecule has 1 N–H and O–H groups in total. The van der Waals surface area contributed by atoms with Crippen LogP contribution in [-0.2, 0) is 4.79 Å². The number of nitro benzene ring substituents is 1. The summed E-state index contributed by atoms with van der Waals surface area (Å²) >= 11 is 5.74. The number of rotatable bonds is 5. The van der Waals surface area contributed by atoms with E-state index in [1.54, 1.807) is 0 Å². The van der Waals surface area contributed by atoms with Crippen LogP contribution >= 0.6 is 11.6 Å². The number of carboxylic acid groups (broad SMARTS) is 1. The van der Waals surface area contributed by atoms with Crippen LogP contribution in [0, 0.1) is 10.1 Å². The summed E-state index contributed by atoms with van der Waals surface area (Å²) in [7, 11) is 0. The topological polar surface area (TPSA) is 97.5 Å². The summed E-state index contributed by atoms with van der Waals surface area (Å²) in [6.45, 7) is 0. The van der Waals surface area contributed by atoms with Gasteiger partial charge >= 0.3 is 5.97 Å². The van der Waals surface area contributed by atoms with E-state index in [1.807, 2.05) is 0 Å². The molecular weight excluding hydrogens is 310 g/mol. The second-order valence-corrected chi connectivity index (χ2v) is 4.93. The number of nitro groups is 1. The van der Waals surface area contributed by atoms with Crippen LogP contribution in [0.25, 0.3) is 0 Å². The van der Waals surface area contributed by atoms with Gasteiger partial charge in [-0.3, -0.25) is 19.7 Å². The lowest BCUT2D eigenvalue weighted by molar-refractivity contribution is -0.384. The number of ketones is 1. The van der Waals surface area contributed by atoms with Crippen LogP contribution in [0.4, 0.5) is 5.69 Å². The second-order valence-electron chi connectivity index (χ2n) is 4.49. The molecule has 6 nitrogen and oxygen atoms in total. The van der Waals surface area contributed by atoms with Crippen molar-refractivity contribution in [2.75, 3.05) is 0 Å². The number of non-ortho nitro benzene ring substituents is 1. The van der Waals surface area contributed by atoms with Crippen molar-refractivity contribution in [3.05, 3.63) is 74.8 Å². The number of aliphatic carboxylic acids is 1. The monoisotopic (exact) mass is 319 g/mol. The maximum atomic E-state index is 12.4. The van der Waals surface area contributed by atoms with Crippen LogP contribution in [0.1, 0.15) is 21.8 Å². The Balaban J connectivity index is 2.36. The third kappa shape index (κ3) is 3.29. The Morgan fingerprint density at radius 3 is 2.05 bits per heavy atom. The maximum absolute atomic E-state index is 12.4. The fourth-order valence-corrected chi connectivity index (χ4v) is 2.10. The predicted molar refractivity (Wildman–Crippen MR) is 79.3 cm³/mol. The Morgan fingerprint density at radius 1 is 1.05 bits per heavy atom. The highest BCUT2D eigenvalue weighted by molar-refractivity contribution is 6.30. The van der Waals surface area contributed by atoms with Crippen molar-refractivity contribution >= 4 is 29.0 Å². The van der Waals surface area contributed by atoms with E-state index in [9.17, 15) is 24.8 Å². The number of carboxylic acids is 1. The van der Waals surface area contributed by atoms with Gasteiger partial charge < -0.3 is 5.11 Å². The fraction of sp³-hybridized carbons (Fsp3) is 0.0667. The van der Waals surface area contributed by atoms with Gasteiger partial charge in [-0.15, -0.1) is 0 Å². The molecule has 0 bridgehead atoms. The molecule has 22 heavy (non-hydrogen) atoms. The zero-order valence-electron chi connectivity index (χ0n) is 11.1. The molecular formula is C15H10ClNO5. The van der Waals surface area contributed by atoms with E-state index >= 15 is 0 Å². The lowest BCUT2D eigenvalue weighted by Gasteiger charge is -2.12. The fourth-order valence-electron chi connectivity index (χ4n) is 1.98. The van der Waals surface area contributed by atoms with Gasteiger partial charge in [-0.1, -0.05) is 23.7 Å². The third-order valence-electron chi connectivity index (χ3n) is 3.08. The van der Waals surface area contributed by atoms with E-state index in [4.69, 9.17) is 11.6 Å². The molecule has 0 amide bonds. The van der Waals surface area contributed by atoms with Crippen LogP contribution in [0.3, 0.4) is 0 Å². The summed E-state index contributed by atoms with van der Waals surface area (Å²) in [5, 5.41) is 20.3. The van der Waals surface area contributed by atoms with Gasteiger partial charge in [0.05, 0.1) is 4.92 Å². The van der Waals surface area contributed by atoms with E-state index in [2.05, 4.69) is 0 Å². The molecule has 0 aliphatic rings. The summed E-state index contributed by atoms with van der Waals surface area (Å²) in [6.07, 6.45) is 0. The van der Waals surface area contributed by atoms with E-state index in [1.165, 1.54) is 36.4 Å². The summed E-state index contributed by atoms with van der Waals surface area (Å²) < 4.78 is 0. The standard InChI is InChI=1S/C15H10ClNO5/c16-11-5-1-9(2-6-11)13(15(19)20)14(18)10-3-7-12(8-4-10)17(21)22/h1-8,13H,(H,19,20). The van der Waals surface area contributed by atoms with Crippen LogP contribution in [-0.4, -0.2) is 21.8 Å². The van der Waals surface area contributed by atoms with Crippen molar-refractivity contribution in [2.45, 2.75) is 5.92 Å². The number of carbonyl (C=O) groups is 2. The second kappa shape index (κ2) is 6.36. The highest BCUT2D eigenvalue weighted by Crippen LogP contribution is 2.24. The van der Waals surface area contributed by atoms with Crippen LogP contribution < -0.4 is 0 Å². The zero-order chi connectivity index (χ0) is 16.3. The molecule has 2 aromatic rings. The summed E-state index contributed by atoms with van der Waals surface area (Å²) in [6, 6.07) is 10.7. The Morgan fingerprint density at radius 2 is 1.59 bits per heavy atom. The highest BCUT2D eigenvalue weighted by atomic mass is 35.5. The summed E-state index contributed by atoms with van der Waals surface area (Å²) in [4.78, 5) is 33.8. The molecule has 1 atom stereocenters. The predicted octanol–water partition coefficient (Wildman–Crippen LogP) is 3.30.